The second kappa shape index (κ2) is 8.34. The maximum absolute atomic E-state index is 12.3. The summed E-state index contributed by atoms with van der Waals surface area (Å²) in [7, 11) is 0. The van der Waals surface area contributed by atoms with Crippen molar-refractivity contribution < 1.29 is 23.4 Å². The molecule has 0 aliphatic carbocycles. The van der Waals surface area contributed by atoms with Crippen LogP contribution in [-0.4, -0.2) is 30.9 Å². The lowest BCUT2D eigenvalue weighted by atomic mass is 10.0. The molecule has 0 spiro atoms. The lowest BCUT2D eigenvalue weighted by Gasteiger charge is -2.28. The van der Waals surface area contributed by atoms with Crippen LogP contribution in [0.3, 0.4) is 0 Å². The summed E-state index contributed by atoms with van der Waals surface area (Å²) < 4.78 is 29.3. The first-order chi connectivity index (χ1) is 15.5. The van der Waals surface area contributed by atoms with Crippen molar-refractivity contribution in [3.8, 4) is 11.5 Å². The Morgan fingerprint density at radius 1 is 1.06 bits per heavy atom. The van der Waals surface area contributed by atoms with E-state index in [1.54, 1.807) is 24.4 Å². The maximum atomic E-state index is 12.3. The number of hydrogen-bond donors (Lipinski definition) is 3. The van der Waals surface area contributed by atoms with Crippen LogP contribution >= 0.6 is 11.8 Å². The number of nitrogens with zero attached hydrogens (tertiary/aromatic N) is 1. The number of fused-ring (bicyclic) bond motifs is 3. The van der Waals surface area contributed by atoms with E-state index in [1.807, 2.05) is 48.5 Å². The summed E-state index contributed by atoms with van der Waals surface area (Å²) in [6.45, 7) is 0. The molecule has 0 saturated carbocycles. The number of para-hydroxylation sites is 2. The van der Waals surface area contributed by atoms with Crippen LogP contribution in [0.2, 0.25) is 0 Å². The van der Waals surface area contributed by atoms with Crippen molar-refractivity contribution >= 4 is 45.6 Å². The molecule has 162 valence electrons. The highest BCUT2D eigenvalue weighted by Gasteiger charge is 2.32. The van der Waals surface area contributed by atoms with Crippen molar-refractivity contribution in [2.45, 2.75) is 22.3 Å². The minimum Gasteiger partial charge on any atom is -0.480 e. The van der Waals surface area contributed by atoms with Gasteiger partial charge in [-0.05, 0) is 42.0 Å². The van der Waals surface area contributed by atoms with Gasteiger partial charge in [0, 0.05) is 23.5 Å². The molecule has 3 N–H and O–H groups in total. The Balaban J connectivity index is 1.51. The van der Waals surface area contributed by atoms with Gasteiger partial charge in [-0.3, -0.25) is 8.86 Å². The number of aromatic amines is 1. The van der Waals surface area contributed by atoms with Crippen LogP contribution in [0.15, 0.2) is 82.7 Å². The number of aliphatic carboxylic acids is 1. The standard InChI is InChI=1S/C23H18N2O5S2/c26-23(27)18(11-14-13-24-17-6-2-1-5-16(14)17)25(32(28)29)15-9-10-20-22(12-15)31-21-8-4-3-7-19(21)30-20/h1-10,12-13,18,24H,11H2,(H,26,27)(H,28,29). The molecule has 9 heteroatoms. The number of carbonyl (C=O) groups is 1. The smallest absolute Gasteiger partial charge is 0.327 e. The molecule has 0 saturated heterocycles. The van der Waals surface area contributed by atoms with Crippen molar-refractivity contribution in [1.82, 2.24) is 4.98 Å². The number of rotatable bonds is 6. The van der Waals surface area contributed by atoms with Gasteiger partial charge < -0.3 is 14.8 Å². The molecular formula is C23H18N2O5S2. The largest absolute Gasteiger partial charge is 0.480 e. The Morgan fingerprint density at radius 3 is 2.62 bits per heavy atom. The lowest BCUT2D eigenvalue weighted by Crippen LogP contribution is -2.44. The molecule has 3 aromatic carbocycles. The molecule has 0 fully saturated rings. The quantitative estimate of drug-likeness (QED) is 0.302. The van der Waals surface area contributed by atoms with Gasteiger partial charge in [-0.25, -0.2) is 9.00 Å². The molecule has 0 bridgehead atoms. The Morgan fingerprint density at radius 2 is 1.81 bits per heavy atom. The highest BCUT2D eigenvalue weighted by atomic mass is 32.2. The molecule has 0 radical (unpaired) electrons. The van der Waals surface area contributed by atoms with Crippen molar-refractivity contribution in [2.75, 3.05) is 4.31 Å². The highest BCUT2D eigenvalue weighted by molar-refractivity contribution is 7.99. The van der Waals surface area contributed by atoms with E-state index in [1.165, 1.54) is 11.8 Å². The third-order valence-electron chi connectivity index (χ3n) is 5.30. The van der Waals surface area contributed by atoms with Crippen molar-refractivity contribution in [2.24, 2.45) is 0 Å². The number of anilines is 1. The molecule has 0 amide bonds. The van der Waals surface area contributed by atoms with E-state index in [4.69, 9.17) is 4.74 Å². The Hall–Kier alpha value is -3.27. The minimum atomic E-state index is -2.55. The van der Waals surface area contributed by atoms with E-state index in [0.717, 1.165) is 36.3 Å². The van der Waals surface area contributed by atoms with Crippen LogP contribution in [-0.2, 0) is 22.5 Å². The zero-order valence-corrected chi connectivity index (χ0v) is 18.2. The molecule has 32 heavy (non-hydrogen) atoms. The number of carboxylic acids is 1. The van der Waals surface area contributed by atoms with Crippen LogP contribution in [0, 0.1) is 0 Å². The number of nitrogens with one attached hydrogen (secondary N) is 1. The van der Waals surface area contributed by atoms with E-state index >= 15 is 0 Å². The Bertz CT molecular complexity index is 1350. The molecule has 1 aliphatic rings. The predicted octanol–water partition coefficient (Wildman–Crippen LogP) is 5.06. The molecule has 7 nitrogen and oxygen atoms in total. The van der Waals surface area contributed by atoms with E-state index in [-0.39, 0.29) is 6.42 Å². The van der Waals surface area contributed by atoms with Gasteiger partial charge in [0.1, 0.15) is 17.5 Å². The third kappa shape index (κ3) is 3.75. The molecule has 4 aromatic rings. The van der Waals surface area contributed by atoms with Crippen molar-refractivity contribution in [3.63, 3.8) is 0 Å². The first kappa shape index (κ1) is 20.6. The van der Waals surface area contributed by atoms with Gasteiger partial charge in [0.25, 0.3) is 11.3 Å². The second-order valence-electron chi connectivity index (χ2n) is 7.26. The number of H-pyrrole nitrogens is 1. The van der Waals surface area contributed by atoms with Crippen LogP contribution < -0.4 is 9.04 Å². The number of aromatic nitrogens is 1. The topological polar surface area (TPSA) is 103 Å². The van der Waals surface area contributed by atoms with E-state index in [2.05, 4.69) is 4.98 Å². The summed E-state index contributed by atoms with van der Waals surface area (Å²) >= 11 is -1.09. The zero-order chi connectivity index (χ0) is 22.2. The first-order valence-electron chi connectivity index (χ1n) is 9.78. The lowest BCUT2D eigenvalue weighted by molar-refractivity contribution is -0.138. The van der Waals surface area contributed by atoms with Gasteiger partial charge in [0.15, 0.2) is 0 Å². The molecule has 2 heterocycles. The molecular weight excluding hydrogens is 448 g/mol. The van der Waals surface area contributed by atoms with Gasteiger partial charge in [0.2, 0.25) is 0 Å². The fourth-order valence-corrected chi connectivity index (χ4v) is 5.47. The first-order valence-corrected chi connectivity index (χ1v) is 11.7. The second-order valence-corrected chi connectivity index (χ2v) is 9.19. The van der Waals surface area contributed by atoms with E-state index < -0.39 is 23.3 Å². The van der Waals surface area contributed by atoms with E-state index in [9.17, 15) is 18.7 Å². The van der Waals surface area contributed by atoms with Crippen LogP contribution in [0.5, 0.6) is 11.5 Å². The summed E-state index contributed by atoms with van der Waals surface area (Å²) in [4.78, 5) is 17.0. The monoisotopic (exact) mass is 466 g/mol. The normalized spacial score (nSPS) is 14.2. The van der Waals surface area contributed by atoms with Gasteiger partial charge in [-0.15, -0.1) is 0 Å². The molecule has 2 unspecified atom stereocenters. The van der Waals surface area contributed by atoms with Gasteiger partial charge in [-0.1, -0.05) is 42.1 Å². The van der Waals surface area contributed by atoms with Crippen LogP contribution in [0.25, 0.3) is 10.9 Å². The molecule has 1 aliphatic heterocycles. The van der Waals surface area contributed by atoms with Crippen molar-refractivity contribution in [3.05, 3.63) is 78.5 Å². The summed E-state index contributed by atoms with van der Waals surface area (Å²) in [5.41, 5.74) is 1.96. The van der Waals surface area contributed by atoms with Crippen LogP contribution in [0.4, 0.5) is 5.69 Å². The number of ether oxygens (including phenoxy) is 1. The highest BCUT2D eigenvalue weighted by Crippen LogP contribution is 2.48. The minimum absolute atomic E-state index is 0.0508. The van der Waals surface area contributed by atoms with E-state index in [0.29, 0.717) is 11.4 Å². The summed E-state index contributed by atoms with van der Waals surface area (Å²) in [6.07, 6.45) is 1.79. The summed E-state index contributed by atoms with van der Waals surface area (Å²) in [5.74, 6) is 0.164. The summed E-state index contributed by atoms with van der Waals surface area (Å²) in [6, 6.07) is 18.9. The maximum Gasteiger partial charge on any atom is 0.327 e. The number of benzene rings is 3. The molecule has 2 atom stereocenters. The third-order valence-corrected chi connectivity index (χ3v) is 7.19. The Labute approximate surface area is 190 Å². The molecule has 1 aromatic heterocycles. The Kier molecular flexibility index (Phi) is 5.38. The fourth-order valence-electron chi connectivity index (χ4n) is 3.81. The van der Waals surface area contributed by atoms with Gasteiger partial charge >= 0.3 is 5.97 Å². The number of hydrogen-bond acceptors (Lipinski definition) is 4. The molecule has 5 rings (SSSR count). The number of carboxylic acid groups (broad SMARTS) is 1. The van der Waals surface area contributed by atoms with Gasteiger partial charge in [-0.2, -0.15) is 0 Å². The van der Waals surface area contributed by atoms with Gasteiger partial charge in [0.05, 0.1) is 15.5 Å². The summed E-state index contributed by atoms with van der Waals surface area (Å²) in [5, 5.41) is 10.8. The fraction of sp³-hybridized carbons (Fsp3) is 0.0870. The average Bonchev–Trinajstić information content (AvgIpc) is 3.20. The SMILES string of the molecule is O=C(O)C(Cc1c[nH]c2ccccc12)N(c1ccc2c(c1)Sc1ccccc1O2)S(=O)O. The van der Waals surface area contributed by atoms with Crippen molar-refractivity contribution in [1.29, 1.82) is 0 Å². The van der Waals surface area contributed by atoms with Crippen LogP contribution in [0.1, 0.15) is 5.56 Å². The predicted molar refractivity (Wildman–Crippen MR) is 124 cm³/mol. The average molecular weight is 467 g/mol. The zero-order valence-electron chi connectivity index (χ0n) is 16.6.